The summed E-state index contributed by atoms with van der Waals surface area (Å²) in [5.74, 6) is -0.117. The van der Waals surface area contributed by atoms with E-state index >= 15 is 0 Å². The van der Waals surface area contributed by atoms with E-state index < -0.39 is 12.2 Å². The summed E-state index contributed by atoms with van der Waals surface area (Å²) in [4.78, 5) is 20.7. The van der Waals surface area contributed by atoms with Crippen molar-refractivity contribution >= 4 is 11.9 Å². The average molecular weight is 129 g/mol. The van der Waals surface area contributed by atoms with Crippen LogP contribution >= 0.6 is 0 Å². The summed E-state index contributed by atoms with van der Waals surface area (Å²) in [6, 6.07) is 0. The predicted molar refractivity (Wildman–Crippen MR) is 29.0 cm³/mol. The van der Waals surface area contributed by atoms with Gasteiger partial charge in [0.2, 0.25) is 0 Å². The Balaban J connectivity index is 2.48. The van der Waals surface area contributed by atoms with Crippen molar-refractivity contribution in [2.75, 3.05) is 6.54 Å². The molecule has 0 aliphatic carbocycles. The summed E-state index contributed by atoms with van der Waals surface area (Å²) >= 11 is 0. The molecule has 50 valence electrons. The Labute approximate surface area is 52.2 Å². The zero-order valence-electron chi connectivity index (χ0n) is 5.01. The number of Topliss-reactive ketones (excluding diaryl/α,β-unsaturated/α-hetero) is 1. The van der Waals surface area contributed by atoms with Crippen LogP contribution in [0.4, 0.5) is 4.79 Å². The molecule has 4 heteroatoms. The van der Waals surface area contributed by atoms with Gasteiger partial charge in [-0.1, -0.05) is 0 Å². The second-order valence-corrected chi connectivity index (χ2v) is 1.89. The number of nitrogens with one attached hydrogen (secondary N) is 1. The lowest BCUT2D eigenvalue weighted by Crippen LogP contribution is -2.21. The minimum Gasteiger partial charge on any atom is -0.436 e. The molecule has 4 nitrogen and oxygen atoms in total. The Kier molecular flexibility index (Phi) is 1.38. The van der Waals surface area contributed by atoms with Gasteiger partial charge < -0.3 is 10.1 Å². The molecule has 1 aliphatic rings. The molecular formula is C5H7NO3. The van der Waals surface area contributed by atoms with E-state index in [1.165, 1.54) is 6.92 Å². The number of carbonyl (C=O) groups is 2. The second-order valence-electron chi connectivity index (χ2n) is 1.89. The van der Waals surface area contributed by atoms with Crippen LogP contribution in [0, 0.1) is 0 Å². The van der Waals surface area contributed by atoms with Crippen molar-refractivity contribution in [3.8, 4) is 0 Å². The van der Waals surface area contributed by atoms with E-state index in [-0.39, 0.29) is 5.78 Å². The van der Waals surface area contributed by atoms with Gasteiger partial charge in [-0.3, -0.25) is 4.79 Å². The molecule has 0 aromatic carbocycles. The van der Waals surface area contributed by atoms with Crippen LogP contribution in [0.3, 0.4) is 0 Å². The Bertz CT molecular complexity index is 154. The number of cyclic esters (lactones) is 1. The largest absolute Gasteiger partial charge is 0.436 e. The van der Waals surface area contributed by atoms with E-state index in [0.29, 0.717) is 6.54 Å². The number of ketones is 1. The van der Waals surface area contributed by atoms with Crippen LogP contribution in [0.2, 0.25) is 0 Å². The summed E-state index contributed by atoms with van der Waals surface area (Å²) in [5.41, 5.74) is 0. The molecule has 0 bridgehead atoms. The summed E-state index contributed by atoms with van der Waals surface area (Å²) in [5, 5.41) is 2.37. The molecule has 1 amide bonds. The fourth-order valence-electron chi connectivity index (χ4n) is 0.615. The number of hydrogen-bond donors (Lipinski definition) is 1. The first-order valence-electron chi connectivity index (χ1n) is 2.65. The molecule has 1 unspecified atom stereocenters. The van der Waals surface area contributed by atoms with Crippen LogP contribution in [0.15, 0.2) is 0 Å². The van der Waals surface area contributed by atoms with Gasteiger partial charge in [0.25, 0.3) is 0 Å². The van der Waals surface area contributed by atoms with Gasteiger partial charge >= 0.3 is 6.09 Å². The Hall–Kier alpha value is -1.06. The van der Waals surface area contributed by atoms with Gasteiger partial charge in [-0.25, -0.2) is 4.79 Å². The number of amides is 1. The van der Waals surface area contributed by atoms with E-state index in [2.05, 4.69) is 10.1 Å². The van der Waals surface area contributed by atoms with E-state index in [1.807, 2.05) is 0 Å². The van der Waals surface area contributed by atoms with E-state index in [4.69, 9.17) is 0 Å². The van der Waals surface area contributed by atoms with E-state index in [9.17, 15) is 9.59 Å². The summed E-state index contributed by atoms with van der Waals surface area (Å²) in [6.45, 7) is 1.71. The molecule has 0 aromatic heterocycles. The van der Waals surface area contributed by atoms with Gasteiger partial charge in [0.1, 0.15) is 0 Å². The standard InChI is InChI=1S/C5H7NO3/c1-3(7)4-2-6-5(8)9-4/h4H,2H2,1H3,(H,6,8). The van der Waals surface area contributed by atoms with Crippen molar-refractivity contribution in [3.63, 3.8) is 0 Å². The molecule has 1 fully saturated rings. The maximum atomic E-state index is 10.5. The first kappa shape index (κ1) is 6.07. The van der Waals surface area contributed by atoms with Crippen molar-refractivity contribution < 1.29 is 14.3 Å². The monoisotopic (exact) mass is 129 g/mol. The minimum absolute atomic E-state index is 0.117. The van der Waals surface area contributed by atoms with Crippen molar-refractivity contribution in [1.82, 2.24) is 5.32 Å². The normalized spacial score (nSPS) is 25.0. The van der Waals surface area contributed by atoms with E-state index in [0.717, 1.165) is 0 Å². The average Bonchev–Trinajstić information content (AvgIpc) is 2.14. The topological polar surface area (TPSA) is 55.4 Å². The second kappa shape index (κ2) is 2.05. The van der Waals surface area contributed by atoms with Crippen LogP contribution in [-0.4, -0.2) is 24.5 Å². The van der Waals surface area contributed by atoms with Gasteiger partial charge in [0.05, 0.1) is 6.54 Å². The van der Waals surface area contributed by atoms with Gasteiger partial charge in [-0.05, 0) is 6.92 Å². The molecule has 1 rings (SSSR count). The Morgan fingerprint density at radius 3 is 2.78 bits per heavy atom. The molecule has 1 atom stereocenters. The third-order valence-corrected chi connectivity index (χ3v) is 1.13. The highest BCUT2D eigenvalue weighted by molar-refractivity contribution is 5.85. The molecule has 0 aromatic rings. The zero-order valence-corrected chi connectivity index (χ0v) is 5.01. The molecule has 9 heavy (non-hydrogen) atoms. The highest BCUT2D eigenvalue weighted by Crippen LogP contribution is 1.99. The smallest absolute Gasteiger partial charge is 0.408 e. The molecule has 1 saturated heterocycles. The van der Waals surface area contributed by atoms with Gasteiger partial charge in [0, 0.05) is 0 Å². The van der Waals surface area contributed by atoms with Crippen molar-refractivity contribution in [1.29, 1.82) is 0 Å². The van der Waals surface area contributed by atoms with Gasteiger partial charge in [-0.2, -0.15) is 0 Å². The summed E-state index contributed by atoms with van der Waals surface area (Å²) < 4.78 is 4.52. The summed E-state index contributed by atoms with van der Waals surface area (Å²) in [6.07, 6.45) is -1.06. The Morgan fingerprint density at radius 1 is 1.89 bits per heavy atom. The SMILES string of the molecule is CC(=O)C1CNC(=O)O1. The lowest BCUT2D eigenvalue weighted by Gasteiger charge is -1.98. The number of hydrogen-bond acceptors (Lipinski definition) is 3. The van der Waals surface area contributed by atoms with Gasteiger partial charge in [-0.15, -0.1) is 0 Å². The number of rotatable bonds is 1. The fraction of sp³-hybridized carbons (Fsp3) is 0.600. The third kappa shape index (κ3) is 1.19. The van der Waals surface area contributed by atoms with Crippen molar-refractivity contribution in [2.24, 2.45) is 0 Å². The predicted octanol–water partition coefficient (Wildman–Crippen LogP) is -0.316. The highest BCUT2D eigenvalue weighted by atomic mass is 16.6. The minimum atomic E-state index is -0.558. The number of carbonyl (C=O) groups excluding carboxylic acids is 2. The van der Waals surface area contributed by atoms with Crippen molar-refractivity contribution in [3.05, 3.63) is 0 Å². The number of alkyl carbamates (subject to hydrolysis) is 1. The quantitative estimate of drug-likeness (QED) is 0.528. The first-order valence-corrected chi connectivity index (χ1v) is 2.65. The lowest BCUT2D eigenvalue weighted by atomic mass is 10.3. The molecule has 1 N–H and O–H groups in total. The van der Waals surface area contributed by atoms with Crippen LogP contribution < -0.4 is 5.32 Å². The highest BCUT2D eigenvalue weighted by Gasteiger charge is 2.25. The number of ether oxygens (including phenoxy) is 1. The van der Waals surface area contributed by atoms with Crippen LogP contribution in [0.25, 0.3) is 0 Å². The molecule has 1 heterocycles. The third-order valence-electron chi connectivity index (χ3n) is 1.13. The first-order chi connectivity index (χ1) is 4.20. The summed E-state index contributed by atoms with van der Waals surface area (Å²) in [7, 11) is 0. The molecule has 1 aliphatic heterocycles. The molecule has 0 spiro atoms. The van der Waals surface area contributed by atoms with Crippen molar-refractivity contribution in [2.45, 2.75) is 13.0 Å². The van der Waals surface area contributed by atoms with E-state index in [1.54, 1.807) is 0 Å². The molecule has 0 saturated carbocycles. The molecular weight excluding hydrogens is 122 g/mol. The molecule has 0 radical (unpaired) electrons. The maximum absolute atomic E-state index is 10.5. The van der Waals surface area contributed by atoms with Gasteiger partial charge in [0.15, 0.2) is 11.9 Å². The van der Waals surface area contributed by atoms with Crippen LogP contribution in [-0.2, 0) is 9.53 Å². The van der Waals surface area contributed by atoms with Crippen LogP contribution in [0.5, 0.6) is 0 Å². The van der Waals surface area contributed by atoms with Crippen LogP contribution in [0.1, 0.15) is 6.92 Å². The lowest BCUT2D eigenvalue weighted by molar-refractivity contribution is -0.123. The fourth-order valence-corrected chi connectivity index (χ4v) is 0.615. The maximum Gasteiger partial charge on any atom is 0.408 e. The Morgan fingerprint density at radius 2 is 2.56 bits per heavy atom. The zero-order chi connectivity index (χ0) is 6.85.